The van der Waals surface area contributed by atoms with Crippen molar-refractivity contribution in [3.8, 4) is 0 Å². The summed E-state index contributed by atoms with van der Waals surface area (Å²) in [4.78, 5) is 18.3. The van der Waals surface area contributed by atoms with E-state index in [9.17, 15) is 4.79 Å². The largest absolute Gasteiger partial charge is 0.345 e. The maximum atomic E-state index is 11.6. The lowest BCUT2D eigenvalue weighted by molar-refractivity contribution is 1.02. The lowest BCUT2D eigenvalue weighted by Gasteiger charge is -2.08. The second-order valence-electron chi connectivity index (χ2n) is 5.08. The zero-order valence-electron chi connectivity index (χ0n) is 12.3. The fourth-order valence-electron chi connectivity index (χ4n) is 2.39. The molecule has 1 N–H and O–H groups in total. The molecule has 0 atom stereocenters. The Balaban J connectivity index is 2.17. The van der Waals surface area contributed by atoms with Crippen LogP contribution in [0.2, 0.25) is 0 Å². The first kappa shape index (κ1) is 14.0. The molecule has 0 amide bonds. The second-order valence-corrected chi connectivity index (χ2v) is 5.08. The number of benzene rings is 2. The van der Waals surface area contributed by atoms with Gasteiger partial charge in [-0.15, -0.1) is 0 Å². The lowest BCUT2D eigenvalue weighted by atomic mass is 9.97. The molecule has 108 valence electrons. The third-order valence-electron chi connectivity index (χ3n) is 3.36. The average Bonchev–Trinajstić information content (AvgIpc) is 2.53. The molecule has 0 aliphatic carbocycles. The summed E-state index contributed by atoms with van der Waals surface area (Å²) in [6.07, 6.45) is 1.95. The van der Waals surface area contributed by atoms with E-state index < -0.39 is 0 Å². The lowest BCUT2D eigenvalue weighted by Crippen LogP contribution is -2.12. The first-order chi connectivity index (χ1) is 10.7. The van der Waals surface area contributed by atoms with Gasteiger partial charge in [0.25, 0.3) is 0 Å². The zero-order chi connectivity index (χ0) is 15.4. The van der Waals surface area contributed by atoms with Gasteiger partial charge in [-0.2, -0.15) is 4.98 Å². The number of nitrogens with one attached hydrogen (secondary N) is 1. The Bertz CT molecular complexity index is 808. The minimum atomic E-state index is -0.327. The highest BCUT2D eigenvalue weighted by Crippen LogP contribution is 2.25. The van der Waals surface area contributed by atoms with Crippen LogP contribution in [0.5, 0.6) is 0 Å². The van der Waals surface area contributed by atoms with Crippen molar-refractivity contribution in [2.24, 2.45) is 0 Å². The van der Waals surface area contributed by atoms with E-state index in [4.69, 9.17) is 0 Å². The monoisotopic (exact) mass is 288 g/mol. The summed E-state index contributed by atoms with van der Waals surface area (Å²) in [5, 5.41) is 0. The van der Waals surface area contributed by atoms with Gasteiger partial charge >= 0.3 is 5.69 Å². The van der Waals surface area contributed by atoms with Gasteiger partial charge in [0, 0.05) is 5.69 Å². The summed E-state index contributed by atoms with van der Waals surface area (Å²) < 4.78 is 0. The predicted molar refractivity (Wildman–Crippen MR) is 89.5 cm³/mol. The van der Waals surface area contributed by atoms with Gasteiger partial charge in [0.1, 0.15) is 0 Å². The molecule has 3 nitrogen and oxygen atoms in total. The second kappa shape index (κ2) is 6.22. The van der Waals surface area contributed by atoms with Gasteiger partial charge in [-0.3, -0.25) is 0 Å². The van der Waals surface area contributed by atoms with Crippen molar-refractivity contribution in [2.45, 2.75) is 6.92 Å². The van der Waals surface area contributed by atoms with Crippen molar-refractivity contribution in [1.82, 2.24) is 9.97 Å². The highest BCUT2D eigenvalue weighted by Gasteiger charge is 2.06. The van der Waals surface area contributed by atoms with Gasteiger partial charge < -0.3 is 4.98 Å². The number of hydrogen-bond donors (Lipinski definition) is 1. The summed E-state index contributed by atoms with van der Waals surface area (Å²) in [5.74, 6) is 0. The molecule has 0 bridgehead atoms. The van der Waals surface area contributed by atoms with E-state index in [0.29, 0.717) is 5.69 Å². The highest BCUT2D eigenvalue weighted by atomic mass is 16.1. The molecule has 1 heterocycles. The van der Waals surface area contributed by atoms with Crippen molar-refractivity contribution < 1.29 is 0 Å². The van der Waals surface area contributed by atoms with Gasteiger partial charge in [-0.25, -0.2) is 4.79 Å². The first-order valence-corrected chi connectivity index (χ1v) is 7.13. The molecule has 3 aromatic rings. The summed E-state index contributed by atoms with van der Waals surface area (Å²) in [5.41, 5.74) is 4.35. The van der Waals surface area contributed by atoms with Crippen molar-refractivity contribution >= 4 is 11.6 Å². The fourth-order valence-corrected chi connectivity index (χ4v) is 2.39. The average molecular weight is 288 g/mol. The maximum Gasteiger partial charge on any atom is 0.345 e. The molecule has 0 fully saturated rings. The molecule has 0 radical (unpaired) electrons. The summed E-state index contributed by atoms with van der Waals surface area (Å²) in [6.45, 7) is 1.85. The molecule has 0 spiro atoms. The topological polar surface area (TPSA) is 45.8 Å². The Hall–Kier alpha value is -2.94. The van der Waals surface area contributed by atoms with E-state index in [-0.39, 0.29) is 5.69 Å². The Morgan fingerprint density at radius 1 is 0.955 bits per heavy atom. The van der Waals surface area contributed by atoms with Crippen LogP contribution in [0.1, 0.15) is 22.5 Å². The Morgan fingerprint density at radius 2 is 1.50 bits per heavy atom. The number of H-pyrrole nitrogens is 1. The number of aromatic nitrogens is 2. The molecule has 0 aliphatic heterocycles. The van der Waals surface area contributed by atoms with Crippen LogP contribution < -0.4 is 5.69 Å². The van der Waals surface area contributed by atoms with Crippen LogP contribution in [-0.2, 0) is 0 Å². The van der Waals surface area contributed by atoms with Gasteiger partial charge in [0.05, 0.1) is 5.69 Å². The van der Waals surface area contributed by atoms with Crippen LogP contribution in [0, 0.1) is 6.92 Å². The Kier molecular flexibility index (Phi) is 3.97. The van der Waals surface area contributed by atoms with Gasteiger partial charge in [-0.1, -0.05) is 60.7 Å². The van der Waals surface area contributed by atoms with E-state index in [1.54, 1.807) is 0 Å². The molecule has 0 unspecified atom stereocenters. The van der Waals surface area contributed by atoms with E-state index in [2.05, 4.69) is 34.2 Å². The number of hydrogen-bond acceptors (Lipinski definition) is 2. The smallest absolute Gasteiger partial charge is 0.310 e. The molecule has 22 heavy (non-hydrogen) atoms. The van der Waals surface area contributed by atoms with Gasteiger partial charge in [0.2, 0.25) is 0 Å². The third kappa shape index (κ3) is 3.20. The molecular weight excluding hydrogens is 272 g/mol. The van der Waals surface area contributed by atoms with Crippen molar-refractivity contribution in [3.05, 3.63) is 99.7 Å². The van der Waals surface area contributed by atoms with Crippen LogP contribution in [0.3, 0.4) is 0 Å². The summed E-state index contributed by atoms with van der Waals surface area (Å²) in [6, 6.07) is 22.1. The maximum absolute atomic E-state index is 11.6. The first-order valence-electron chi connectivity index (χ1n) is 7.13. The quantitative estimate of drug-likeness (QED) is 0.799. The van der Waals surface area contributed by atoms with Crippen LogP contribution in [0.25, 0.3) is 11.6 Å². The molecule has 3 rings (SSSR count). The van der Waals surface area contributed by atoms with Crippen molar-refractivity contribution in [3.63, 3.8) is 0 Å². The molecular formula is C19H16N2O. The predicted octanol–water partition coefficient (Wildman–Crippen LogP) is 3.67. The Labute approximate surface area is 129 Å². The van der Waals surface area contributed by atoms with E-state index in [1.165, 1.54) is 0 Å². The molecule has 3 heteroatoms. The van der Waals surface area contributed by atoms with E-state index in [1.807, 2.05) is 55.5 Å². The number of aryl methyl sites for hydroxylation is 1. The van der Waals surface area contributed by atoms with Crippen LogP contribution in [0.4, 0.5) is 0 Å². The standard InChI is InChI=1S/C19H16N2O/c1-14-12-17(21-19(22)20-14)13-18(15-8-4-2-5-9-15)16-10-6-3-7-11-16/h2-13H,1H3,(H,20,21,22). The fraction of sp³-hybridized carbons (Fsp3) is 0.0526. The highest BCUT2D eigenvalue weighted by molar-refractivity contribution is 5.90. The Morgan fingerprint density at radius 3 is 2.00 bits per heavy atom. The SMILES string of the molecule is Cc1cc(C=C(c2ccccc2)c2ccccc2)nc(=O)[nH]1. The van der Waals surface area contributed by atoms with Crippen molar-refractivity contribution in [2.75, 3.05) is 0 Å². The summed E-state index contributed by atoms with van der Waals surface area (Å²) >= 11 is 0. The van der Waals surface area contributed by atoms with Gasteiger partial charge in [-0.05, 0) is 35.8 Å². The number of nitrogens with zero attached hydrogens (tertiary/aromatic N) is 1. The molecule has 0 saturated heterocycles. The van der Waals surface area contributed by atoms with E-state index in [0.717, 1.165) is 22.4 Å². The molecule has 0 saturated carbocycles. The molecule has 2 aromatic carbocycles. The van der Waals surface area contributed by atoms with Gasteiger partial charge in [0.15, 0.2) is 0 Å². The minimum absolute atomic E-state index is 0.327. The number of aromatic amines is 1. The van der Waals surface area contributed by atoms with Crippen molar-refractivity contribution in [1.29, 1.82) is 0 Å². The van der Waals surface area contributed by atoms with E-state index >= 15 is 0 Å². The minimum Gasteiger partial charge on any atom is -0.310 e. The normalized spacial score (nSPS) is 10.2. The molecule has 1 aromatic heterocycles. The summed E-state index contributed by atoms with van der Waals surface area (Å²) in [7, 11) is 0. The third-order valence-corrected chi connectivity index (χ3v) is 3.36. The zero-order valence-corrected chi connectivity index (χ0v) is 12.3. The van der Waals surface area contributed by atoms with Crippen LogP contribution in [-0.4, -0.2) is 9.97 Å². The number of rotatable bonds is 3. The van der Waals surface area contributed by atoms with Crippen LogP contribution >= 0.6 is 0 Å². The van der Waals surface area contributed by atoms with Crippen LogP contribution in [0.15, 0.2) is 71.5 Å². The molecule has 0 aliphatic rings.